The number of pyridine rings is 1. The van der Waals surface area contributed by atoms with Crippen LogP contribution in [0.25, 0.3) is 11.7 Å². The van der Waals surface area contributed by atoms with Crippen LogP contribution in [0, 0.1) is 0 Å². The molecule has 12 heteroatoms. The quantitative estimate of drug-likeness (QED) is 0.438. The van der Waals surface area contributed by atoms with Gasteiger partial charge in [-0.05, 0) is 36.1 Å². The topological polar surface area (TPSA) is 123 Å². The first-order valence-electron chi connectivity index (χ1n) is 11.6. The van der Waals surface area contributed by atoms with Gasteiger partial charge in [0.25, 0.3) is 11.5 Å². The van der Waals surface area contributed by atoms with E-state index in [2.05, 4.69) is 19.2 Å². The van der Waals surface area contributed by atoms with Gasteiger partial charge in [-0.15, -0.1) is 11.3 Å². The number of carbonyl (C=O) groups is 1. The lowest BCUT2D eigenvalue weighted by Gasteiger charge is -2.29. The predicted molar refractivity (Wildman–Crippen MR) is 140 cm³/mol. The van der Waals surface area contributed by atoms with Crippen LogP contribution in [0.15, 0.2) is 34.6 Å². The van der Waals surface area contributed by atoms with Crippen LogP contribution in [-0.2, 0) is 32.4 Å². The summed E-state index contributed by atoms with van der Waals surface area (Å²) in [6.45, 7) is 6.32. The van der Waals surface area contributed by atoms with Crippen LogP contribution in [0.2, 0.25) is 0 Å². The minimum Gasteiger partial charge on any atom is -0.378 e. The first-order valence-corrected chi connectivity index (χ1v) is 14.4. The number of ether oxygens (including phenoxy) is 1. The summed E-state index contributed by atoms with van der Waals surface area (Å²) in [5, 5.41) is 3.17. The maximum atomic E-state index is 13.4. The summed E-state index contributed by atoms with van der Waals surface area (Å²) < 4.78 is 31.4. The van der Waals surface area contributed by atoms with Crippen molar-refractivity contribution in [3.05, 3.63) is 62.0 Å². The highest BCUT2D eigenvalue weighted by atomic mass is 32.2. The molecule has 0 bridgehead atoms. The molecule has 0 radical (unpaired) electrons. The van der Waals surface area contributed by atoms with Gasteiger partial charge >= 0.3 is 0 Å². The van der Waals surface area contributed by atoms with E-state index in [1.165, 1.54) is 10.5 Å². The Bertz CT molecular complexity index is 1450. The first kappa shape index (κ1) is 26.0. The molecule has 0 saturated carbocycles. The fraction of sp³-hybridized carbons (Fsp3) is 0.417. The Labute approximate surface area is 213 Å². The fourth-order valence-corrected chi connectivity index (χ4v) is 5.22. The van der Waals surface area contributed by atoms with Gasteiger partial charge in [-0.1, -0.05) is 13.8 Å². The zero-order chi connectivity index (χ0) is 25.9. The maximum Gasteiger partial charge on any atom is 0.267 e. The summed E-state index contributed by atoms with van der Waals surface area (Å²) in [7, 11) is -3.72. The largest absolute Gasteiger partial charge is 0.378 e. The predicted octanol–water partition coefficient (Wildman–Crippen LogP) is 1.99. The second kappa shape index (κ2) is 10.9. The molecular weight excluding hydrogens is 502 g/mol. The average molecular weight is 532 g/mol. The third-order valence-corrected chi connectivity index (χ3v) is 7.19. The Hall–Kier alpha value is -3.09. The Morgan fingerprint density at radius 3 is 2.67 bits per heavy atom. The third kappa shape index (κ3) is 6.37. The van der Waals surface area contributed by atoms with Gasteiger partial charge < -0.3 is 9.64 Å². The molecule has 1 N–H and O–H groups in total. The van der Waals surface area contributed by atoms with E-state index in [1.54, 1.807) is 17.5 Å². The molecule has 1 saturated heterocycles. The van der Waals surface area contributed by atoms with Crippen LogP contribution in [0.5, 0.6) is 0 Å². The van der Waals surface area contributed by atoms with Crippen LogP contribution in [0.1, 0.15) is 41.6 Å². The molecule has 1 amide bonds. The molecule has 3 aromatic rings. The van der Waals surface area contributed by atoms with Gasteiger partial charge in [0, 0.05) is 37.2 Å². The van der Waals surface area contributed by atoms with Gasteiger partial charge in [-0.2, -0.15) is 0 Å². The summed E-state index contributed by atoms with van der Waals surface area (Å²) in [5.74, 6) is -0.00974. The number of amides is 1. The zero-order valence-electron chi connectivity index (χ0n) is 20.4. The van der Waals surface area contributed by atoms with E-state index in [9.17, 15) is 18.0 Å². The van der Waals surface area contributed by atoms with Crippen molar-refractivity contribution < 1.29 is 17.9 Å². The van der Waals surface area contributed by atoms with E-state index in [-0.39, 0.29) is 11.1 Å². The van der Waals surface area contributed by atoms with Crippen molar-refractivity contribution in [2.75, 3.05) is 37.5 Å². The van der Waals surface area contributed by atoms with Gasteiger partial charge in [0.15, 0.2) is 0 Å². The molecule has 0 spiro atoms. The molecule has 3 aromatic heterocycles. The highest BCUT2D eigenvalue weighted by Crippen LogP contribution is 2.21. The number of thiazole rings is 1. The van der Waals surface area contributed by atoms with E-state index in [4.69, 9.17) is 14.7 Å². The van der Waals surface area contributed by atoms with Crippen LogP contribution >= 0.6 is 11.3 Å². The molecule has 0 unspecified atom stereocenters. The maximum absolute atomic E-state index is 13.4. The molecule has 0 aromatic carbocycles. The second-order valence-electron chi connectivity index (χ2n) is 8.91. The number of fused-ring (bicyclic) bond motifs is 1. The third-order valence-electron chi connectivity index (χ3n) is 5.70. The Balaban J connectivity index is 1.66. The van der Waals surface area contributed by atoms with Gasteiger partial charge in [-0.25, -0.2) is 23.1 Å². The number of anilines is 1. The van der Waals surface area contributed by atoms with Crippen molar-refractivity contribution >= 4 is 44.8 Å². The van der Waals surface area contributed by atoms with Gasteiger partial charge in [-0.3, -0.25) is 14.0 Å². The van der Waals surface area contributed by atoms with Gasteiger partial charge in [0.05, 0.1) is 35.7 Å². The highest BCUT2D eigenvalue weighted by Gasteiger charge is 2.20. The standard InChI is InChI=1S/C24H29N5O5S2/c1-16(2)19-15-35-22(25-19)7-4-17-8-9-29-20(14-17)26-23(28-10-12-34-13-11-28)18(24(29)31)5-6-21(30)27-36(3,32)33/h5-6,8-9,14-16H,4,7,10-13H2,1-3H3,(H,27,30)/b6-5+. The number of carbonyl (C=O) groups excluding carboxylic acids is 1. The molecule has 4 rings (SSSR count). The Morgan fingerprint density at radius 2 is 2.00 bits per heavy atom. The molecule has 4 heterocycles. The first-order chi connectivity index (χ1) is 17.1. The number of morpholine rings is 1. The summed E-state index contributed by atoms with van der Waals surface area (Å²) >= 11 is 1.66. The highest BCUT2D eigenvalue weighted by molar-refractivity contribution is 7.89. The zero-order valence-corrected chi connectivity index (χ0v) is 22.1. The van der Waals surface area contributed by atoms with E-state index >= 15 is 0 Å². The van der Waals surface area contributed by atoms with Crippen molar-refractivity contribution in [1.29, 1.82) is 0 Å². The van der Waals surface area contributed by atoms with Crippen molar-refractivity contribution in [1.82, 2.24) is 19.1 Å². The lowest BCUT2D eigenvalue weighted by atomic mass is 10.1. The van der Waals surface area contributed by atoms with Crippen LogP contribution in [-0.4, -0.2) is 61.3 Å². The number of aryl methyl sites for hydroxylation is 2. The van der Waals surface area contributed by atoms with Gasteiger partial charge in [0.1, 0.15) is 11.5 Å². The van der Waals surface area contributed by atoms with Crippen molar-refractivity contribution in [3.8, 4) is 0 Å². The molecule has 0 aliphatic carbocycles. The van der Waals surface area contributed by atoms with E-state index < -0.39 is 15.9 Å². The molecule has 1 aliphatic rings. The molecule has 36 heavy (non-hydrogen) atoms. The van der Waals surface area contributed by atoms with Crippen molar-refractivity contribution in [3.63, 3.8) is 0 Å². The number of hydrogen-bond donors (Lipinski definition) is 1. The summed E-state index contributed by atoms with van der Waals surface area (Å²) in [4.78, 5) is 36.8. The lowest BCUT2D eigenvalue weighted by Crippen LogP contribution is -2.38. The summed E-state index contributed by atoms with van der Waals surface area (Å²) in [5.41, 5.74) is 2.49. The second-order valence-corrected chi connectivity index (χ2v) is 11.6. The Morgan fingerprint density at radius 1 is 1.25 bits per heavy atom. The Kier molecular flexibility index (Phi) is 7.86. The van der Waals surface area contributed by atoms with Crippen molar-refractivity contribution in [2.24, 2.45) is 0 Å². The van der Waals surface area contributed by atoms with Gasteiger partial charge in [0.2, 0.25) is 10.0 Å². The molecule has 10 nitrogen and oxygen atoms in total. The minimum absolute atomic E-state index is 0.204. The smallest absolute Gasteiger partial charge is 0.267 e. The molecule has 0 atom stereocenters. The molecule has 192 valence electrons. The number of nitrogens with zero attached hydrogens (tertiary/aromatic N) is 4. The van der Waals surface area contributed by atoms with E-state index in [0.717, 1.165) is 41.4 Å². The summed E-state index contributed by atoms with van der Waals surface area (Å²) in [6.07, 6.45) is 6.47. The normalized spacial score (nSPS) is 14.7. The minimum atomic E-state index is -3.72. The van der Waals surface area contributed by atoms with E-state index in [1.807, 2.05) is 21.8 Å². The van der Waals surface area contributed by atoms with E-state index in [0.29, 0.717) is 43.7 Å². The summed E-state index contributed by atoms with van der Waals surface area (Å²) in [6, 6.07) is 3.78. The average Bonchev–Trinajstić information content (AvgIpc) is 3.31. The molecule has 1 aliphatic heterocycles. The number of rotatable bonds is 8. The number of hydrogen-bond acceptors (Lipinski definition) is 9. The fourth-order valence-electron chi connectivity index (χ4n) is 3.83. The SMILES string of the molecule is CC(C)c1csc(CCc2ccn3c(=O)c(/C=C/C(=O)NS(C)(=O)=O)c(N4CCOCC4)nc3c2)n1. The monoisotopic (exact) mass is 531 g/mol. The molecule has 1 fully saturated rings. The number of nitrogens with one attached hydrogen (secondary N) is 1. The number of aromatic nitrogens is 3. The van der Waals surface area contributed by atoms with Crippen LogP contribution < -0.4 is 15.2 Å². The van der Waals surface area contributed by atoms with Crippen molar-refractivity contribution in [2.45, 2.75) is 32.6 Å². The lowest BCUT2D eigenvalue weighted by molar-refractivity contribution is -0.114. The van der Waals surface area contributed by atoms with Crippen LogP contribution in [0.3, 0.4) is 0 Å². The molecular formula is C24H29N5O5S2. The van der Waals surface area contributed by atoms with Crippen LogP contribution in [0.4, 0.5) is 5.82 Å². The number of sulfonamides is 1.